The van der Waals surface area contributed by atoms with Crippen molar-refractivity contribution in [3.63, 3.8) is 0 Å². The van der Waals surface area contributed by atoms with Gasteiger partial charge in [0.2, 0.25) is 0 Å². The van der Waals surface area contributed by atoms with E-state index in [1.54, 1.807) is 12.1 Å². The number of hydrogen-bond acceptors (Lipinski definition) is 7. The Morgan fingerprint density at radius 1 is 1.14 bits per heavy atom. The van der Waals surface area contributed by atoms with Crippen LogP contribution in [0.5, 0.6) is 0 Å². The van der Waals surface area contributed by atoms with Gasteiger partial charge in [-0.15, -0.1) is 0 Å². The van der Waals surface area contributed by atoms with Gasteiger partial charge in [-0.25, -0.2) is 9.59 Å². The van der Waals surface area contributed by atoms with E-state index in [0.29, 0.717) is 5.56 Å². The number of aromatic nitrogens is 2. The quantitative estimate of drug-likeness (QED) is 0.663. The van der Waals surface area contributed by atoms with Crippen molar-refractivity contribution in [3.05, 3.63) is 82.9 Å². The topological polar surface area (TPSA) is 106 Å². The third-order valence-electron chi connectivity index (χ3n) is 4.48. The molecule has 0 unspecified atom stereocenters. The fraction of sp³-hybridized carbons (Fsp3) is 0.190. The monoisotopic (exact) mass is 393 g/mol. The number of ether oxygens (including phenoxy) is 3. The van der Waals surface area contributed by atoms with Gasteiger partial charge in [-0.2, -0.15) is 4.98 Å². The van der Waals surface area contributed by atoms with Crippen LogP contribution in [0.2, 0.25) is 0 Å². The number of anilines is 1. The Bertz CT molecular complexity index is 1070. The van der Waals surface area contributed by atoms with Crippen LogP contribution in [0.15, 0.2) is 71.7 Å². The molecule has 1 saturated heterocycles. The third-order valence-corrected chi connectivity index (χ3v) is 4.48. The minimum absolute atomic E-state index is 0.102. The SMILES string of the molecule is Nc1ccn([C@@H]2CO[C@H](COC(=O)c3ccccc3-c3ccccc3)O2)c(=O)n1. The number of hydrogen-bond donors (Lipinski definition) is 1. The highest BCUT2D eigenvalue weighted by molar-refractivity contribution is 5.97. The molecule has 0 amide bonds. The van der Waals surface area contributed by atoms with Crippen LogP contribution in [0, 0.1) is 0 Å². The van der Waals surface area contributed by atoms with E-state index in [9.17, 15) is 9.59 Å². The van der Waals surface area contributed by atoms with Crippen LogP contribution in [0.25, 0.3) is 11.1 Å². The van der Waals surface area contributed by atoms with Crippen molar-refractivity contribution in [2.45, 2.75) is 12.5 Å². The van der Waals surface area contributed by atoms with E-state index in [4.69, 9.17) is 19.9 Å². The predicted molar refractivity (Wildman–Crippen MR) is 105 cm³/mol. The molecule has 0 radical (unpaired) electrons. The Morgan fingerprint density at radius 3 is 2.69 bits per heavy atom. The second-order valence-electron chi connectivity index (χ2n) is 6.41. The second-order valence-corrected chi connectivity index (χ2v) is 6.41. The molecule has 2 heterocycles. The average Bonchev–Trinajstić information content (AvgIpc) is 3.21. The molecule has 1 aliphatic rings. The largest absolute Gasteiger partial charge is 0.457 e. The molecular formula is C21H19N3O5. The Labute approximate surface area is 166 Å². The molecule has 4 rings (SSSR count). The molecule has 1 aromatic heterocycles. The lowest BCUT2D eigenvalue weighted by Gasteiger charge is -2.14. The summed E-state index contributed by atoms with van der Waals surface area (Å²) in [6.45, 7) is 0.0317. The first kappa shape index (κ1) is 18.9. The van der Waals surface area contributed by atoms with Crippen LogP contribution in [0.1, 0.15) is 16.6 Å². The van der Waals surface area contributed by atoms with Crippen molar-refractivity contribution in [3.8, 4) is 11.1 Å². The molecule has 29 heavy (non-hydrogen) atoms. The summed E-state index contributed by atoms with van der Waals surface area (Å²) in [5.74, 6) is -0.348. The highest BCUT2D eigenvalue weighted by Gasteiger charge is 2.29. The van der Waals surface area contributed by atoms with Crippen LogP contribution >= 0.6 is 0 Å². The van der Waals surface area contributed by atoms with Crippen molar-refractivity contribution in [1.29, 1.82) is 0 Å². The van der Waals surface area contributed by atoms with Crippen LogP contribution in [0.3, 0.4) is 0 Å². The van der Waals surface area contributed by atoms with Crippen LogP contribution in [0.4, 0.5) is 5.82 Å². The maximum Gasteiger partial charge on any atom is 0.351 e. The van der Waals surface area contributed by atoms with Crippen LogP contribution in [-0.2, 0) is 14.2 Å². The average molecular weight is 393 g/mol. The Hall–Kier alpha value is -3.49. The van der Waals surface area contributed by atoms with Crippen molar-refractivity contribution >= 4 is 11.8 Å². The number of nitrogens with two attached hydrogens (primary N) is 1. The molecule has 8 heteroatoms. The van der Waals surface area contributed by atoms with Crippen molar-refractivity contribution in [2.24, 2.45) is 0 Å². The zero-order chi connectivity index (χ0) is 20.2. The molecule has 2 aromatic carbocycles. The first-order valence-corrected chi connectivity index (χ1v) is 9.05. The van der Waals surface area contributed by atoms with Gasteiger partial charge in [-0.05, 0) is 23.3 Å². The van der Waals surface area contributed by atoms with E-state index in [1.807, 2.05) is 42.5 Å². The fourth-order valence-corrected chi connectivity index (χ4v) is 3.07. The van der Waals surface area contributed by atoms with Crippen LogP contribution < -0.4 is 11.4 Å². The summed E-state index contributed by atoms with van der Waals surface area (Å²) >= 11 is 0. The van der Waals surface area contributed by atoms with E-state index in [-0.39, 0.29) is 19.0 Å². The summed E-state index contributed by atoms with van der Waals surface area (Å²) in [5, 5.41) is 0. The zero-order valence-electron chi connectivity index (χ0n) is 15.4. The van der Waals surface area contributed by atoms with Crippen molar-refractivity contribution in [2.75, 3.05) is 18.9 Å². The molecule has 2 atom stereocenters. The summed E-state index contributed by atoms with van der Waals surface area (Å²) in [6, 6.07) is 18.3. The third kappa shape index (κ3) is 4.18. The van der Waals surface area contributed by atoms with E-state index in [1.165, 1.54) is 16.8 Å². The summed E-state index contributed by atoms with van der Waals surface area (Å²) in [6.07, 6.45) is 0.0524. The van der Waals surface area contributed by atoms with E-state index >= 15 is 0 Å². The minimum Gasteiger partial charge on any atom is -0.457 e. The Balaban J connectivity index is 1.41. The number of esters is 1. The molecule has 1 aliphatic heterocycles. The van der Waals surface area contributed by atoms with Gasteiger partial charge in [0.05, 0.1) is 12.2 Å². The lowest BCUT2D eigenvalue weighted by molar-refractivity contribution is -0.103. The van der Waals surface area contributed by atoms with Crippen LogP contribution in [-0.4, -0.2) is 35.0 Å². The van der Waals surface area contributed by atoms with Gasteiger partial charge in [-0.1, -0.05) is 48.5 Å². The lowest BCUT2D eigenvalue weighted by Crippen LogP contribution is -2.29. The van der Waals surface area contributed by atoms with Gasteiger partial charge < -0.3 is 19.9 Å². The second kappa shape index (κ2) is 8.26. The number of benzene rings is 2. The van der Waals surface area contributed by atoms with Gasteiger partial charge in [-0.3, -0.25) is 4.57 Å². The van der Waals surface area contributed by atoms with E-state index in [0.717, 1.165) is 11.1 Å². The molecule has 2 N–H and O–H groups in total. The highest BCUT2D eigenvalue weighted by atomic mass is 16.7. The molecule has 0 saturated carbocycles. The smallest absolute Gasteiger partial charge is 0.351 e. The number of nitrogens with zero attached hydrogens (tertiary/aromatic N) is 2. The minimum atomic E-state index is -0.780. The first-order chi connectivity index (χ1) is 14.1. The van der Waals surface area contributed by atoms with Gasteiger partial charge in [0, 0.05) is 6.20 Å². The predicted octanol–water partition coefficient (Wildman–Crippen LogP) is 2.22. The molecule has 148 valence electrons. The molecule has 8 nitrogen and oxygen atoms in total. The zero-order valence-corrected chi connectivity index (χ0v) is 15.4. The summed E-state index contributed by atoms with van der Waals surface area (Å²) in [7, 11) is 0. The van der Waals surface area contributed by atoms with Gasteiger partial charge in [0.25, 0.3) is 0 Å². The molecule has 0 spiro atoms. The number of nitrogen functional groups attached to an aromatic ring is 1. The molecule has 3 aromatic rings. The van der Waals surface area contributed by atoms with Gasteiger partial charge in [0.1, 0.15) is 12.4 Å². The van der Waals surface area contributed by atoms with Crippen molar-refractivity contribution < 1.29 is 19.0 Å². The van der Waals surface area contributed by atoms with Gasteiger partial charge >= 0.3 is 11.7 Å². The standard InChI is InChI=1S/C21H19N3O5/c22-17-10-11-24(21(26)23-17)18-12-27-19(29-18)13-28-20(25)16-9-5-4-8-15(16)14-6-2-1-3-7-14/h1-11,18-19H,12-13H2,(H2,22,23,26)/t18-,19-/m0/s1. The molecule has 0 aliphatic carbocycles. The maximum absolute atomic E-state index is 12.6. The van der Waals surface area contributed by atoms with E-state index in [2.05, 4.69) is 4.98 Å². The van der Waals surface area contributed by atoms with Gasteiger partial charge in [0.15, 0.2) is 12.5 Å². The normalized spacial score (nSPS) is 18.5. The first-order valence-electron chi connectivity index (χ1n) is 9.05. The number of carbonyl (C=O) groups is 1. The lowest BCUT2D eigenvalue weighted by atomic mass is 10.00. The summed E-state index contributed by atoms with van der Waals surface area (Å²) < 4.78 is 17.8. The number of rotatable bonds is 5. The molecule has 0 bridgehead atoms. The Kier molecular flexibility index (Phi) is 5.37. The maximum atomic E-state index is 12.6. The number of carbonyl (C=O) groups excluding carboxylic acids is 1. The molecular weight excluding hydrogens is 374 g/mol. The van der Waals surface area contributed by atoms with Crippen molar-refractivity contribution in [1.82, 2.24) is 9.55 Å². The summed E-state index contributed by atoms with van der Waals surface area (Å²) in [5.41, 5.74) is 7.11. The highest BCUT2D eigenvalue weighted by Crippen LogP contribution is 2.25. The fourth-order valence-electron chi connectivity index (χ4n) is 3.07. The molecule has 1 fully saturated rings. The Morgan fingerprint density at radius 2 is 1.90 bits per heavy atom. The van der Waals surface area contributed by atoms with E-state index < -0.39 is 24.2 Å². The summed E-state index contributed by atoms with van der Waals surface area (Å²) in [4.78, 5) is 28.2.